The van der Waals surface area contributed by atoms with E-state index in [1.165, 1.54) is 4.90 Å². The number of carbonyl (C=O) groups excluding carboxylic acids is 2. The van der Waals surface area contributed by atoms with E-state index in [4.69, 9.17) is 4.74 Å². The normalized spacial score (nSPS) is 22.3. The van der Waals surface area contributed by atoms with E-state index in [-0.39, 0.29) is 23.2 Å². The molecule has 0 bridgehead atoms. The Hall–Kier alpha value is -0.580. The van der Waals surface area contributed by atoms with Crippen molar-refractivity contribution in [3.8, 4) is 0 Å². The van der Waals surface area contributed by atoms with Crippen LogP contribution in [0.4, 0.5) is 4.79 Å². The molecule has 1 rings (SSSR count). The summed E-state index contributed by atoms with van der Waals surface area (Å²) in [6.07, 6.45) is -0.525. The largest absolute Gasteiger partial charge is 0.447 e. The second kappa shape index (κ2) is 4.09. The van der Waals surface area contributed by atoms with Crippen LogP contribution in [0.2, 0.25) is 0 Å². The smallest absolute Gasteiger partial charge is 0.417 e. The van der Waals surface area contributed by atoms with Crippen LogP contribution in [0.15, 0.2) is 0 Å². The third kappa shape index (κ3) is 2.02. The summed E-state index contributed by atoms with van der Waals surface area (Å²) in [5.74, 6) is -0.00403. The Kier molecular flexibility index (Phi) is 3.30. The summed E-state index contributed by atoms with van der Waals surface area (Å²) in [6.45, 7) is 4.23. The van der Waals surface area contributed by atoms with Gasteiger partial charge in [0.05, 0.1) is 11.4 Å². The van der Waals surface area contributed by atoms with Gasteiger partial charge in [-0.3, -0.25) is 4.79 Å². The molecule has 4 nitrogen and oxygen atoms in total. The van der Waals surface area contributed by atoms with Gasteiger partial charge in [-0.15, -0.1) is 0 Å². The lowest BCUT2D eigenvalue weighted by molar-refractivity contribution is -0.126. The van der Waals surface area contributed by atoms with Crippen LogP contribution in [0, 0.1) is 5.92 Å². The predicted octanol–water partition coefficient (Wildman–Crippen LogP) is 1.38. The van der Waals surface area contributed by atoms with Crippen molar-refractivity contribution in [2.24, 2.45) is 5.92 Å². The minimum atomic E-state index is -0.525. The van der Waals surface area contributed by atoms with Crippen molar-refractivity contribution in [1.29, 1.82) is 0 Å². The zero-order valence-electron chi connectivity index (χ0n) is 7.62. The molecule has 13 heavy (non-hydrogen) atoms. The van der Waals surface area contributed by atoms with Crippen molar-refractivity contribution in [3.05, 3.63) is 0 Å². The number of hydrogen-bond acceptors (Lipinski definition) is 3. The number of nitrogens with zero attached hydrogens (tertiary/aromatic N) is 1. The van der Waals surface area contributed by atoms with E-state index in [1.54, 1.807) is 0 Å². The van der Waals surface area contributed by atoms with Crippen LogP contribution in [0.1, 0.15) is 13.8 Å². The zero-order valence-corrected chi connectivity index (χ0v) is 9.20. The monoisotopic (exact) mass is 249 g/mol. The second-order valence-electron chi connectivity index (χ2n) is 3.29. The van der Waals surface area contributed by atoms with Crippen LogP contribution in [0.3, 0.4) is 0 Å². The maximum atomic E-state index is 11.3. The Morgan fingerprint density at radius 3 is 2.85 bits per heavy atom. The molecule has 0 aromatic carbocycles. The summed E-state index contributed by atoms with van der Waals surface area (Å²) >= 11 is 3.03. The molecule has 1 unspecified atom stereocenters. The molecule has 0 N–H and O–H groups in total. The SMILES string of the molecule is CC(C)C1COC(=O)N1C(=O)CBr. The summed E-state index contributed by atoms with van der Waals surface area (Å²) in [6, 6.07) is -0.113. The lowest BCUT2D eigenvalue weighted by atomic mass is 10.1. The third-order valence-corrected chi connectivity index (χ3v) is 2.54. The molecule has 0 spiro atoms. The fraction of sp³-hybridized carbons (Fsp3) is 0.750. The third-order valence-electron chi connectivity index (χ3n) is 2.06. The Morgan fingerprint density at radius 1 is 1.77 bits per heavy atom. The fourth-order valence-electron chi connectivity index (χ4n) is 1.28. The van der Waals surface area contributed by atoms with E-state index >= 15 is 0 Å². The highest BCUT2D eigenvalue weighted by atomic mass is 79.9. The molecule has 74 valence electrons. The number of imide groups is 1. The first-order valence-corrected chi connectivity index (χ1v) is 5.25. The van der Waals surface area contributed by atoms with Gasteiger partial charge < -0.3 is 4.74 Å². The number of rotatable bonds is 2. The molecule has 0 aromatic heterocycles. The molecular formula is C8H12BrNO3. The topological polar surface area (TPSA) is 46.6 Å². The van der Waals surface area contributed by atoms with Gasteiger partial charge in [-0.05, 0) is 5.92 Å². The maximum absolute atomic E-state index is 11.3. The molecule has 0 aromatic rings. The highest BCUT2D eigenvalue weighted by Gasteiger charge is 2.38. The van der Waals surface area contributed by atoms with Gasteiger partial charge >= 0.3 is 6.09 Å². The molecule has 1 heterocycles. The van der Waals surface area contributed by atoms with Crippen molar-refractivity contribution in [1.82, 2.24) is 4.90 Å². The van der Waals surface area contributed by atoms with Crippen LogP contribution >= 0.6 is 15.9 Å². The van der Waals surface area contributed by atoms with Crippen molar-refractivity contribution < 1.29 is 14.3 Å². The van der Waals surface area contributed by atoms with Gasteiger partial charge in [-0.2, -0.15) is 0 Å². The average Bonchev–Trinajstić information content (AvgIpc) is 2.46. The highest BCUT2D eigenvalue weighted by molar-refractivity contribution is 9.09. The van der Waals surface area contributed by atoms with Gasteiger partial charge in [0.1, 0.15) is 6.61 Å². The Labute approximate surface area is 85.4 Å². The molecule has 0 aliphatic carbocycles. The lowest BCUT2D eigenvalue weighted by Crippen LogP contribution is -2.42. The molecule has 1 saturated heterocycles. The molecule has 2 amide bonds. The van der Waals surface area contributed by atoms with Crippen molar-refractivity contribution in [3.63, 3.8) is 0 Å². The Morgan fingerprint density at radius 2 is 2.38 bits per heavy atom. The number of carbonyl (C=O) groups is 2. The van der Waals surface area contributed by atoms with Crippen molar-refractivity contribution in [2.75, 3.05) is 11.9 Å². The molecule has 0 radical (unpaired) electrons. The first-order chi connectivity index (χ1) is 6.07. The number of ether oxygens (including phenoxy) is 1. The molecule has 1 atom stereocenters. The summed E-state index contributed by atoms with van der Waals surface area (Å²) in [4.78, 5) is 23.7. The van der Waals surface area contributed by atoms with E-state index < -0.39 is 6.09 Å². The summed E-state index contributed by atoms with van der Waals surface area (Å²) in [7, 11) is 0. The number of hydrogen-bond donors (Lipinski definition) is 0. The van der Waals surface area contributed by atoms with Crippen LogP contribution < -0.4 is 0 Å². The zero-order chi connectivity index (χ0) is 10.0. The lowest BCUT2D eigenvalue weighted by Gasteiger charge is -2.21. The van der Waals surface area contributed by atoms with Crippen LogP contribution in [0.5, 0.6) is 0 Å². The first kappa shape index (κ1) is 10.5. The summed E-state index contributed by atoms with van der Waals surface area (Å²) in [5, 5.41) is 0.158. The van der Waals surface area contributed by atoms with Gasteiger partial charge in [-0.25, -0.2) is 9.69 Å². The first-order valence-electron chi connectivity index (χ1n) is 4.12. The van der Waals surface area contributed by atoms with E-state index in [0.717, 1.165) is 0 Å². The van der Waals surface area contributed by atoms with Crippen LogP contribution in [-0.4, -0.2) is 34.9 Å². The van der Waals surface area contributed by atoms with Crippen molar-refractivity contribution in [2.45, 2.75) is 19.9 Å². The minimum Gasteiger partial charge on any atom is -0.447 e. The Bertz CT molecular complexity index is 229. The number of halogens is 1. The molecule has 5 heteroatoms. The fourth-order valence-corrected chi connectivity index (χ4v) is 1.55. The van der Waals surface area contributed by atoms with Crippen LogP contribution in [-0.2, 0) is 9.53 Å². The van der Waals surface area contributed by atoms with Gasteiger partial charge in [0.2, 0.25) is 5.91 Å². The van der Waals surface area contributed by atoms with Crippen molar-refractivity contribution >= 4 is 27.9 Å². The maximum Gasteiger partial charge on any atom is 0.417 e. The molecule has 1 aliphatic heterocycles. The molecule has 1 fully saturated rings. The molecular weight excluding hydrogens is 238 g/mol. The number of alkyl halides is 1. The van der Waals surface area contributed by atoms with Gasteiger partial charge in [-0.1, -0.05) is 29.8 Å². The average molecular weight is 250 g/mol. The van der Waals surface area contributed by atoms with Gasteiger partial charge in [0.25, 0.3) is 0 Å². The van der Waals surface area contributed by atoms with Gasteiger partial charge in [0, 0.05) is 0 Å². The summed E-state index contributed by atoms with van der Waals surface area (Å²) < 4.78 is 4.81. The quantitative estimate of drug-likeness (QED) is 0.695. The van der Waals surface area contributed by atoms with E-state index in [2.05, 4.69) is 15.9 Å². The molecule has 0 saturated carbocycles. The van der Waals surface area contributed by atoms with E-state index in [9.17, 15) is 9.59 Å². The predicted molar refractivity (Wildman–Crippen MR) is 50.6 cm³/mol. The second-order valence-corrected chi connectivity index (χ2v) is 3.85. The standard InChI is InChI=1S/C8H12BrNO3/c1-5(2)6-4-13-8(12)10(6)7(11)3-9/h5-6H,3-4H2,1-2H3. The van der Waals surface area contributed by atoms with E-state index in [1.807, 2.05) is 13.8 Å². The molecule has 1 aliphatic rings. The number of cyclic esters (lactones) is 1. The van der Waals surface area contributed by atoms with Gasteiger partial charge in [0.15, 0.2) is 0 Å². The number of amides is 2. The van der Waals surface area contributed by atoms with E-state index in [0.29, 0.717) is 6.61 Å². The summed E-state index contributed by atoms with van der Waals surface area (Å²) in [5.41, 5.74) is 0. The van der Waals surface area contributed by atoms with Crippen LogP contribution in [0.25, 0.3) is 0 Å². The highest BCUT2D eigenvalue weighted by Crippen LogP contribution is 2.19. The minimum absolute atomic E-state index is 0.113. The Balaban J connectivity index is 2.77.